The number of furan rings is 1. The van der Waals surface area contributed by atoms with Gasteiger partial charge in [-0.15, -0.1) is 0 Å². The van der Waals surface area contributed by atoms with Crippen LogP contribution < -0.4 is 5.32 Å². The zero-order valence-corrected chi connectivity index (χ0v) is 13.8. The summed E-state index contributed by atoms with van der Waals surface area (Å²) in [6.45, 7) is 0. The van der Waals surface area contributed by atoms with Crippen molar-refractivity contribution in [2.75, 3.05) is 5.32 Å². The van der Waals surface area contributed by atoms with Crippen LogP contribution in [0, 0.1) is 10.1 Å². The van der Waals surface area contributed by atoms with Gasteiger partial charge in [-0.3, -0.25) is 14.9 Å². The van der Waals surface area contributed by atoms with E-state index < -0.39 is 4.92 Å². The van der Waals surface area contributed by atoms with Gasteiger partial charge in [0.1, 0.15) is 5.76 Å². The van der Waals surface area contributed by atoms with Crippen molar-refractivity contribution in [2.24, 2.45) is 0 Å². The fourth-order valence-corrected chi connectivity index (χ4v) is 2.52. The summed E-state index contributed by atoms with van der Waals surface area (Å²) < 4.78 is 6.39. The highest BCUT2D eigenvalue weighted by atomic mass is 79.9. The molecule has 0 atom stereocenters. The molecule has 0 saturated carbocycles. The van der Waals surface area contributed by atoms with Crippen molar-refractivity contribution in [3.63, 3.8) is 0 Å². The lowest BCUT2D eigenvalue weighted by Crippen LogP contribution is -2.10. The predicted molar refractivity (Wildman–Crippen MR) is 92.9 cm³/mol. The second-order valence-electron chi connectivity index (χ2n) is 4.93. The van der Waals surface area contributed by atoms with Crippen LogP contribution in [0.3, 0.4) is 0 Å². The lowest BCUT2D eigenvalue weighted by atomic mass is 10.1. The van der Waals surface area contributed by atoms with Gasteiger partial charge >= 0.3 is 0 Å². The predicted octanol–water partition coefficient (Wildman–Crippen LogP) is 4.87. The molecular weight excluding hydrogens is 376 g/mol. The summed E-state index contributed by atoms with van der Waals surface area (Å²) in [5, 5.41) is 13.4. The van der Waals surface area contributed by atoms with Gasteiger partial charge < -0.3 is 9.73 Å². The Kier molecular flexibility index (Phi) is 4.43. The molecule has 0 saturated heterocycles. The number of non-ortho nitro benzene ring substituents is 1. The number of nitro benzene ring substituents is 1. The molecule has 1 amide bonds. The molecule has 1 N–H and O–H groups in total. The number of amides is 1. The largest absolute Gasteiger partial charge is 0.451 e. The summed E-state index contributed by atoms with van der Waals surface area (Å²) in [5.41, 5.74) is 1.29. The van der Waals surface area contributed by atoms with E-state index in [-0.39, 0.29) is 17.4 Å². The highest BCUT2D eigenvalue weighted by Gasteiger charge is 2.13. The number of nitrogens with zero attached hydrogens (tertiary/aromatic N) is 1. The van der Waals surface area contributed by atoms with Crippen molar-refractivity contribution < 1.29 is 14.1 Å². The summed E-state index contributed by atoms with van der Waals surface area (Å²) in [4.78, 5) is 22.4. The molecule has 120 valence electrons. The first kappa shape index (κ1) is 15.9. The zero-order valence-electron chi connectivity index (χ0n) is 12.2. The Morgan fingerprint density at radius 1 is 1.08 bits per heavy atom. The van der Waals surface area contributed by atoms with E-state index in [1.165, 1.54) is 12.1 Å². The fraction of sp³-hybridized carbons (Fsp3) is 0. The third-order valence-corrected chi connectivity index (χ3v) is 3.77. The van der Waals surface area contributed by atoms with Gasteiger partial charge in [-0.25, -0.2) is 0 Å². The monoisotopic (exact) mass is 386 g/mol. The van der Waals surface area contributed by atoms with E-state index in [4.69, 9.17) is 4.42 Å². The molecule has 0 bridgehead atoms. The normalized spacial score (nSPS) is 10.4. The number of hydrogen-bond acceptors (Lipinski definition) is 4. The van der Waals surface area contributed by atoms with Crippen LogP contribution >= 0.6 is 15.9 Å². The molecule has 7 heteroatoms. The van der Waals surface area contributed by atoms with E-state index >= 15 is 0 Å². The Morgan fingerprint density at radius 3 is 2.50 bits per heavy atom. The highest BCUT2D eigenvalue weighted by molar-refractivity contribution is 9.10. The van der Waals surface area contributed by atoms with Crippen molar-refractivity contribution in [3.05, 3.63) is 81.0 Å². The van der Waals surface area contributed by atoms with E-state index in [1.54, 1.807) is 36.4 Å². The van der Waals surface area contributed by atoms with Gasteiger partial charge in [0.25, 0.3) is 11.6 Å². The summed E-state index contributed by atoms with van der Waals surface area (Å²) >= 11 is 3.34. The van der Waals surface area contributed by atoms with Gasteiger partial charge in [-0.1, -0.05) is 22.0 Å². The van der Waals surface area contributed by atoms with Gasteiger partial charge in [0.05, 0.1) is 4.92 Å². The molecule has 3 aromatic rings. The van der Waals surface area contributed by atoms with Crippen LogP contribution in [-0.4, -0.2) is 10.8 Å². The molecule has 1 aromatic heterocycles. The summed E-state index contributed by atoms with van der Waals surface area (Å²) in [6, 6.07) is 16.3. The Hall–Kier alpha value is -2.93. The molecular formula is C17H11BrN2O4. The number of rotatable bonds is 4. The first-order valence-electron chi connectivity index (χ1n) is 6.94. The molecule has 0 fully saturated rings. The molecule has 1 heterocycles. The van der Waals surface area contributed by atoms with Crippen LogP contribution in [0.5, 0.6) is 0 Å². The van der Waals surface area contributed by atoms with Crippen LogP contribution in [0.2, 0.25) is 0 Å². The molecule has 0 aliphatic heterocycles. The Labute approximate surface area is 145 Å². The van der Waals surface area contributed by atoms with E-state index in [0.717, 1.165) is 4.47 Å². The van der Waals surface area contributed by atoms with Crippen LogP contribution in [0.4, 0.5) is 11.4 Å². The smallest absolute Gasteiger partial charge is 0.291 e. The van der Waals surface area contributed by atoms with Gasteiger partial charge in [-0.05, 0) is 42.5 Å². The van der Waals surface area contributed by atoms with Crippen molar-refractivity contribution in [1.29, 1.82) is 0 Å². The average molecular weight is 387 g/mol. The lowest BCUT2D eigenvalue weighted by Gasteiger charge is -2.03. The first-order valence-corrected chi connectivity index (χ1v) is 7.74. The van der Waals surface area contributed by atoms with Crippen LogP contribution in [-0.2, 0) is 0 Å². The minimum atomic E-state index is -0.469. The van der Waals surface area contributed by atoms with Gasteiger partial charge in [0, 0.05) is 27.9 Å². The second-order valence-corrected chi connectivity index (χ2v) is 5.85. The Morgan fingerprint density at radius 2 is 1.83 bits per heavy atom. The number of nitro groups is 1. The average Bonchev–Trinajstić information content (AvgIpc) is 3.05. The molecule has 0 aliphatic rings. The molecule has 2 aromatic carbocycles. The van der Waals surface area contributed by atoms with Gasteiger partial charge in [0.15, 0.2) is 5.76 Å². The second kappa shape index (κ2) is 6.67. The molecule has 0 radical (unpaired) electrons. The maximum Gasteiger partial charge on any atom is 0.291 e. The van der Waals surface area contributed by atoms with Gasteiger partial charge in [-0.2, -0.15) is 0 Å². The van der Waals surface area contributed by atoms with Crippen LogP contribution in [0.15, 0.2) is 69.6 Å². The summed E-state index contributed by atoms with van der Waals surface area (Å²) in [6.07, 6.45) is 0. The minimum absolute atomic E-state index is 0.00192. The van der Waals surface area contributed by atoms with E-state index in [0.29, 0.717) is 17.0 Å². The maximum absolute atomic E-state index is 12.2. The topological polar surface area (TPSA) is 85.4 Å². The van der Waals surface area contributed by atoms with Crippen molar-refractivity contribution in [3.8, 4) is 11.3 Å². The minimum Gasteiger partial charge on any atom is -0.451 e. The van der Waals surface area contributed by atoms with Crippen molar-refractivity contribution in [1.82, 2.24) is 0 Å². The summed E-state index contributed by atoms with van der Waals surface area (Å²) in [5.74, 6) is 0.244. The molecule has 0 aliphatic carbocycles. The van der Waals surface area contributed by atoms with E-state index in [2.05, 4.69) is 21.2 Å². The number of hydrogen-bond donors (Lipinski definition) is 1. The Bertz CT molecular complexity index is 903. The quantitative estimate of drug-likeness (QED) is 0.511. The van der Waals surface area contributed by atoms with E-state index in [9.17, 15) is 14.9 Å². The fourth-order valence-electron chi connectivity index (χ4n) is 2.12. The number of benzene rings is 2. The number of halogens is 1. The molecule has 24 heavy (non-hydrogen) atoms. The third-order valence-electron chi connectivity index (χ3n) is 3.27. The molecule has 3 rings (SSSR count). The number of anilines is 1. The first-order chi connectivity index (χ1) is 11.5. The Balaban J connectivity index is 1.77. The zero-order chi connectivity index (χ0) is 17.1. The van der Waals surface area contributed by atoms with Crippen LogP contribution in [0.25, 0.3) is 11.3 Å². The summed E-state index contributed by atoms with van der Waals surface area (Å²) in [7, 11) is 0. The van der Waals surface area contributed by atoms with Gasteiger partial charge in [0.2, 0.25) is 0 Å². The number of nitrogens with one attached hydrogen (secondary N) is 1. The van der Waals surface area contributed by atoms with Crippen molar-refractivity contribution in [2.45, 2.75) is 0 Å². The lowest BCUT2D eigenvalue weighted by molar-refractivity contribution is -0.384. The SMILES string of the molecule is O=C(Nc1cccc(Br)c1)c1ccc(-c2ccc([N+](=O)[O-])cc2)o1. The maximum atomic E-state index is 12.2. The number of carbonyl (C=O) groups excluding carboxylic acids is 1. The number of carbonyl (C=O) groups is 1. The third kappa shape index (κ3) is 3.52. The molecule has 0 unspecified atom stereocenters. The van der Waals surface area contributed by atoms with E-state index in [1.807, 2.05) is 12.1 Å². The standard InChI is InChI=1S/C17H11BrN2O4/c18-12-2-1-3-13(10-12)19-17(21)16-9-8-15(24-16)11-4-6-14(7-5-11)20(22)23/h1-10H,(H,19,21). The van der Waals surface area contributed by atoms with Crippen LogP contribution in [0.1, 0.15) is 10.6 Å². The molecule has 6 nitrogen and oxygen atoms in total. The van der Waals surface area contributed by atoms with Crippen molar-refractivity contribution >= 4 is 33.2 Å². The molecule has 0 spiro atoms. The highest BCUT2D eigenvalue weighted by Crippen LogP contribution is 2.25.